The molecular weight excluding hydrogens is 432 g/mol. The Balaban J connectivity index is 1.89. The van der Waals surface area contributed by atoms with Crippen molar-refractivity contribution in [2.24, 2.45) is 0 Å². The van der Waals surface area contributed by atoms with E-state index in [2.05, 4.69) is 30.6 Å². The molecule has 1 N–H and O–H groups in total. The van der Waals surface area contributed by atoms with E-state index in [1.54, 1.807) is 6.07 Å². The number of hydrogen-bond donors (Lipinski definition) is 1. The quantitative estimate of drug-likeness (QED) is 0.623. The van der Waals surface area contributed by atoms with Crippen LogP contribution in [0.1, 0.15) is 11.1 Å². The molecule has 0 spiro atoms. The highest BCUT2D eigenvalue weighted by molar-refractivity contribution is 9.10. The number of benzene rings is 2. The molecule has 0 atom stereocenters. The van der Waals surface area contributed by atoms with Gasteiger partial charge in [0.15, 0.2) is 0 Å². The molecule has 3 rings (SSSR count). The van der Waals surface area contributed by atoms with Crippen LogP contribution in [0, 0.1) is 11.3 Å². The lowest BCUT2D eigenvalue weighted by Crippen LogP contribution is -2.16. The molecule has 0 amide bonds. The molecule has 0 aliphatic carbocycles. The van der Waals surface area contributed by atoms with Gasteiger partial charge in [0.05, 0.1) is 11.8 Å². The number of anilines is 1. The second kappa shape index (κ2) is 8.16. The maximum Gasteiger partial charge on any atom is 0.264 e. The van der Waals surface area contributed by atoms with Gasteiger partial charge in [-0.15, -0.1) is 0 Å². The van der Waals surface area contributed by atoms with Gasteiger partial charge in [-0.3, -0.25) is 4.72 Å². The molecule has 0 radical (unpaired) electrons. The van der Waals surface area contributed by atoms with Gasteiger partial charge < -0.3 is 4.74 Å². The topological polar surface area (TPSA) is 105 Å². The van der Waals surface area contributed by atoms with E-state index in [9.17, 15) is 8.42 Å². The number of nitrogens with one attached hydrogen (secondary N) is 1. The van der Waals surface area contributed by atoms with Gasteiger partial charge in [-0.25, -0.2) is 18.4 Å². The fraction of sp³-hybridized carbons (Fsp3) is 0.0556. The van der Waals surface area contributed by atoms with Crippen molar-refractivity contribution >= 4 is 31.8 Å². The third-order valence-corrected chi connectivity index (χ3v) is 5.24. The lowest BCUT2D eigenvalue weighted by molar-refractivity contribution is 0.294. The zero-order valence-electron chi connectivity index (χ0n) is 13.8. The molecule has 3 aromatic rings. The minimum absolute atomic E-state index is 0.0197. The van der Waals surface area contributed by atoms with E-state index < -0.39 is 10.0 Å². The van der Waals surface area contributed by atoms with E-state index in [0.717, 1.165) is 5.56 Å². The first kappa shape index (κ1) is 18.8. The van der Waals surface area contributed by atoms with Crippen molar-refractivity contribution in [2.45, 2.75) is 11.5 Å². The number of nitrogens with zero attached hydrogens (tertiary/aromatic N) is 3. The van der Waals surface area contributed by atoms with Gasteiger partial charge in [-0.2, -0.15) is 5.26 Å². The van der Waals surface area contributed by atoms with Crippen molar-refractivity contribution in [1.82, 2.24) is 9.97 Å². The zero-order chi connectivity index (χ0) is 19.3. The van der Waals surface area contributed by atoms with Crippen LogP contribution in [0.2, 0.25) is 0 Å². The number of halogens is 1. The Kier molecular flexibility index (Phi) is 5.69. The standard InChI is InChI=1S/C18H13BrN4O3S/c19-16-11-21-17(18(22-16)26-12-13-6-2-1-3-7-13)23-27(24,25)15-9-5-4-8-14(15)10-20/h1-9,11H,12H2,(H,21,23). The maximum atomic E-state index is 12.7. The van der Waals surface area contributed by atoms with Gasteiger partial charge in [0, 0.05) is 0 Å². The van der Waals surface area contributed by atoms with Crippen LogP contribution >= 0.6 is 15.9 Å². The van der Waals surface area contributed by atoms with Gasteiger partial charge in [-0.05, 0) is 33.6 Å². The summed E-state index contributed by atoms with van der Waals surface area (Å²) in [6.07, 6.45) is 1.35. The normalized spacial score (nSPS) is 10.8. The van der Waals surface area contributed by atoms with E-state index in [1.807, 2.05) is 36.4 Å². The van der Waals surface area contributed by atoms with Gasteiger partial charge in [0.25, 0.3) is 15.9 Å². The smallest absolute Gasteiger partial charge is 0.264 e. The van der Waals surface area contributed by atoms with Crippen LogP contribution in [-0.4, -0.2) is 18.4 Å². The van der Waals surface area contributed by atoms with Crippen LogP contribution in [-0.2, 0) is 16.6 Å². The first-order valence-electron chi connectivity index (χ1n) is 7.71. The van der Waals surface area contributed by atoms with Crippen LogP contribution in [0.4, 0.5) is 5.82 Å². The van der Waals surface area contributed by atoms with Crippen LogP contribution < -0.4 is 9.46 Å². The van der Waals surface area contributed by atoms with Crippen molar-refractivity contribution in [2.75, 3.05) is 4.72 Å². The lowest BCUT2D eigenvalue weighted by atomic mass is 10.2. The minimum atomic E-state index is -4.04. The second-order valence-corrected chi connectivity index (χ2v) is 7.80. The van der Waals surface area contributed by atoms with Crippen molar-refractivity contribution in [1.29, 1.82) is 5.26 Å². The SMILES string of the molecule is N#Cc1ccccc1S(=O)(=O)Nc1ncc(Br)nc1OCc1ccccc1. The second-order valence-electron chi connectivity index (χ2n) is 5.33. The first-order chi connectivity index (χ1) is 13.0. The molecular formula is C18H13BrN4O3S. The van der Waals surface area contributed by atoms with Crippen LogP contribution in [0.25, 0.3) is 0 Å². The predicted molar refractivity (Wildman–Crippen MR) is 102 cm³/mol. The zero-order valence-corrected chi connectivity index (χ0v) is 16.2. The number of hydrogen-bond acceptors (Lipinski definition) is 6. The number of nitriles is 1. The van der Waals surface area contributed by atoms with Crippen LogP contribution in [0.5, 0.6) is 5.88 Å². The van der Waals surface area contributed by atoms with Crippen molar-refractivity contribution in [3.8, 4) is 11.9 Å². The summed E-state index contributed by atoms with van der Waals surface area (Å²) < 4.78 is 33.8. The molecule has 9 heteroatoms. The monoisotopic (exact) mass is 444 g/mol. The summed E-state index contributed by atoms with van der Waals surface area (Å²) >= 11 is 3.20. The lowest BCUT2D eigenvalue weighted by Gasteiger charge is -2.12. The summed E-state index contributed by atoms with van der Waals surface area (Å²) in [7, 11) is -4.04. The summed E-state index contributed by atoms with van der Waals surface area (Å²) in [6.45, 7) is 0.190. The van der Waals surface area contributed by atoms with E-state index in [0.29, 0.717) is 4.60 Å². The molecule has 136 valence electrons. The Bertz CT molecular complexity index is 1100. The molecule has 1 heterocycles. The summed E-state index contributed by atoms with van der Waals surface area (Å²) in [5.41, 5.74) is 0.921. The molecule has 0 aliphatic rings. The minimum Gasteiger partial charge on any atom is -0.470 e. The molecule has 7 nitrogen and oxygen atoms in total. The van der Waals surface area contributed by atoms with Gasteiger partial charge in [0.1, 0.15) is 22.2 Å². The van der Waals surface area contributed by atoms with E-state index in [-0.39, 0.29) is 28.8 Å². The molecule has 1 aromatic heterocycles. The molecule has 2 aromatic carbocycles. The van der Waals surface area contributed by atoms with Crippen LogP contribution in [0.15, 0.2) is 70.3 Å². The Labute approximate surface area is 164 Å². The molecule has 0 fully saturated rings. The Morgan fingerprint density at radius 2 is 1.81 bits per heavy atom. The predicted octanol–water partition coefficient (Wildman–Crippen LogP) is 3.49. The number of ether oxygens (including phenoxy) is 1. The number of aromatic nitrogens is 2. The largest absolute Gasteiger partial charge is 0.470 e. The molecule has 27 heavy (non-hydrogen) atoms. The highest BCUT2D eigenvalue weighted by Gasteiger charge is 2.22. The first-order valence-corrected chi connectivity index (χ1v) is 9.98. The highest BCUT2D eigenvalue weighted by atomic mass is 79.9. The average Bonchev–Trinajstić information content (AvgIpc) is 2.68. The van der Waals surface area contributed by atoms with Crippen LogP contribution in [0.3, 0.4) is 0 Å². The van der Waals surface area contributed by atoms with Crippen molar-refractivity contribution in [3.05, 3.63) is 76.5 Å². The number of sulfonamides is 1. The average molecular weight is 445 g/mol. The van der Waals surface area contributed by atoms with Gasteiger partial charge in [0.2, 0.25) is 5.82 Å². The van der Waals surface area contributed by atoms with E-state index in [1.165, 1.54) is 24.4 Å². The van der Waals surface area contributed by atoms with E-state index in [4.69, 9.17) is 10.00 Å². The fourth-order valence-electron chi connectivity index (χ4n) is 2.22. The third-order valence-electron chi connectivity index (χ3n) is 3.46. The highest BCUT2D eigenvalue weighted by Crippen LogP contribution is 2.26. The summed E-state index contributed by atoms with van der Waals surface area (Å²) in [4.78, 5) is 8.05. The maximum absolute atomic E-state index is 12.7. The van der Waals surface area contributed by atoms with Crippen molar-refractivity contribution < 1.29 is 13.2 Å². The summed E-state index contributed by atoms with van der Waals surface area (Å²) in [5, 5.41) is 9.15. The Morgan fingerprint density at radius 1 is 1.11 bits per heavy atom. The summed E-state index contributed by atoms with van der Waals surface area (Å²) in [6, 6.07) is 17.1. The molecule has 0 unspecified atom stereocenters. The van der Waals surface area contributed by atoms with Gasteiger partial charge in [-0.1, -0.05) is 42.5 Å². The molecule has 0 saturated heterocycles. The third kappa shape index (κ3) is 4.61. The number of rotatable bonds is 6. The Hall–Kier alpha value is -2.96. The summed E-state index contributed by atoms with van der Waals surface area (Å²) in [5.74, 6) is -0.0480. The van der Waals surface area contributed by atoms with E-state index >= 15 is 0 Å². The fourth-order valence-corrected chi connectivity index (χ4v) is 3.65. The van der Waals surface area contributed by atoms with Crippen molar-refractivity contribution in [3.63, 3.8) is 0 Å². The molecule has 0 aliphatic heterocycles. The molecule has 0 bridgehead atoms. The Morgan fingerprint density at radius 3 is 2.56 bits per heavy atom. The molecule has 0 saturated carbocycles. The van der Waals surface area contributed by atoms with Gasteiger partial charge >= 0.3 is 0 Å².